The molecular weight excluding hydrogens is 394 g/mol. The Morgan fingerprint density at radius 3 is 2.16 bits per heavy atom. The van der Waals surface area contributed by atoms with Gasteiger partial charge in [0.15, 0.2) is 0 Å². The third kappa shape index (κ3) is 4.99. The van der Waals surface area contributed by atoms with E-state index in [4.69, 9.17) is 4.74 Å². The molecule has 1 saturated heterocycles. The van der Waals surface area contributed by atoms with Gasteiger partial charge in [0, 0.05) is 31.9 Å². The minimum absolute atomic E-state index is 0.000488. The van der Waals surface area contributed by atoms with Crippen LogP contribution in [0.1, 0.15) is 19.3 Å². The van der Waals surface area contributed by atoms with Crippen LogP contribution in [0.4, 0.5) is 5.69 Å². The average Bonchev–Trinajstić information content (AvgIpc) is 2.84. The number of carbonyl (C=O) groups is 2. The molecule has 0 radical (unpaired) electrons. The highest BCUT2D eigenvalue weighted by molar-refractivity contribution is 5.87. The topological polar surface area (TPSA) is 82.1 Å². The molecule has 2 N–H and O–H groups in total. The third-order valence-corrected chi connectivity index (χ3v) is 6.32. The van der Waals surface area contributed by atoms with E-state index < -0.39 is 17.7 Å². The molecule has 4 rings (SSSR count). The first-order chi connectivity index (χ1) is 15.2. The molecule has 2 amide bonds. The molecule has 164 valence electrons. The maximum atomic E-state index is 13.3. The molecule has 2 fully saturated rings. The quantitative estimate of drug-likeness (QED) is 0.571. The lowest BCUT2D eigenvalue weighted by atomic mass is 9.76. The molecule has 2 aliphatic rings. The molecule has 1 saturated carbocycles. The molecule has 0 spiro atoms. The van der Waals surface area contributed by atoms with Gasteiger partial charge < -0.3 is 14.5 Å². The summed E-state index contributed by atoms with van der Waals surface area (Å²) < 4.78 is 6.02. The second kappa shape index (κ2) is 9.83. The van der Waals surface area contributed by atoms with Crippen molar-refractivity contribution in [1.29, 1.82) is 0 Å². The minimum Gasteiger partial charge on any atom is -0.490 e. The van der Waals surface area contributed by atoms with Crippen LogP contribution < -0.4 is 15.1 Å². The predicted octanol–water partition coefficient (Wildman–Crippen LogP) is 2.70. The van der Waals surface area contributed by atoms with Crippen LogP contribution in [0, 0.1) is 11.8 Å². The molecule has 0 bridgehead atoms. The van der Waals surface area contributed by atoms with Crippen LogP contribution in [-0.2, 0) is 9.59 Å². The summed E-state index contributed by atoms with van der Waals surface area (Å²) in [5.41, 5.74) is 2.92. The number of amides is 2. The van der Waals surface area contributed by atoms with Gasteiger partial charge in [0.25, 0.3) is 0 Å². The summed E-state index contributed by atoms with van der Waals surface area (Å²) in [7, 11) is 0. The number of hydroxylamine groups is 1. The zero-order valence-corrected chi connectivity index (χ0v) is 17.5. The fraction of sp³-hybridized carbons (Fsp3) is 0.417. The number of hydrogen-bond donors (Lipinski definition) is 2. The summed E-state index contributed by atoms with van der Waals surface area (Å²) in [6.07, 6.45) is 1.50. The molecule has 31 heavy (non-hydrogen) atoms. The van der Waals surface area contributed by atoms with Gasteiger partial charge in [0.2, 0.25) is 11.8 Å². The molecule has 1 heterocycles. The molecule has 1 aliphatic heterocycles. The number of nitrogens with one attached hydrogen (secondary N) is 1. The molecule has 0 unspecified atom stereocenters. The number of ether oxygens (including phenoxy) is 1. The Kier molecular flexibility index (Phi) is 6.72. The minimum atomic E-state index is -0.605. The van der Waals surface area contributed by atoms with E-state index in [-0.39, 0.29) is 12.0 Å². The highest BCUT2D eigenvalue weighted by atomic mass is 16.5. The molecule has 1 aliphatic carbocycles. The zero-order valence-electron chi connectivity index (χ0n) is 17.5. The maximum Gasteiger partial charge on any atom is 0.247 e. The average molecular weight is 424 g/mol. The summed E-state index contributed by atoms with van der Waals surface area (Å²) >= 11 is 0. The van der Waals surface area contributed by atoms with E-state index in [1.165, 1.54) is 0 Å². The van der Waals surface area contributed by atoms with Crippen molar-refractivity contribution in [2.75, 3.05) is 31.1 Å². The Morgan fingerprint density at radius 2 is 1.52 bits per heavy atom. The van der Waals surface area contributed by atoms with E-state index in [1.54, 1.807) is 5.48 Å². The highest BCUT2D eigenvalue weighted by Gasteiger charge is 2.42. The Labute approximate surface area is 182 Å². The molecule has 7 nitrogen and oxygen atoms in total. The highest BCUT2D eigenvalue weighted by Crippen LogP contribution is 2.34. The van der Waals surface area contributed by atoms with Crippen LogP contribution in [0.2, 0.25) is 0 Å². The van der Waals surface area contributed by atoms with Crippen LogP contribution in [0.3, 0.4) is 0 Å². The molecule has 0 aromatic heterocycles. The van der Waals surface area contributed by atoms with Gasteiger partial charge in [-0.05, 0) is 43.5 Å². The van der Waals surface area contributed by atoms with Gasteiger partial charge in [-0.15, -0.1) is 0 Å². The van der Waals surface area contributed by atoms with Gasteiger partial charge in [0.05, 0.1) is 17.9 Å². The molecule has 2 aromatic rings. The number of nitrogens with zero attached hydrogens (tertiary/aromatic N) is 2. The molecule has 3 atom stereocenters. The monoisotopic (exact) mass is 423 g/mol. The lowest BCUT2D eigenvalue weighted by Crippen LogP contribution is -2.53. The summed E-state index contributed by atoms with van der Waals surface area (Å²) in [6.45, 7) is 2.78. The maximum absolute atomic E-state index is 13.3. The first-order valence-corrected chi connectivity index (χ1v) is 10.9. The van der Waals surface area contributed by atoms with Crippen molar-refractivity contribution in [2.24, 2.45) is 11.8 Å². The lowest BCUT2D eigenvalue weighted by Gasteiger charge is -2.40. The number of hydrogen-bond acceptors (Lipinski definition) is 5. The summed E-state index contributed by atoms with van der Waals surface area (Å²) in [5.74, 6) is -0.808. The number of rotatable bonds is 5. The third-order valence-electron chi connectivity index (χ3n) is 6.32. The van der Waals surface area contributed by atoms with Crippen molar-refractivity contribution >= 4 is 17.5 Å². The van der Waals surface area contributed by atoms with Crippen molar-refractivity contribution in [3.63, 3.8) is 0 Å². The van der Waals surface area contributed by atoms with E-state index in [1.807, 2.05) is 53.4 Å². The van der Waals surface area contributed by atoms with Crippen LogP contribution in [-0.4, -0.2) is 54.2 Å². The number of piperazine rings is 1. The van der Waals surface area contributed by atoms with Gasteiger partial charge in [-0.2, -0.15) is 0 Å². The van der Waals surface area contributed by atoms with Crippen LogP contribution in [0.5, 0.6) is 5.75 Å². The normalized spacial score (nSPS) is 23.8. The summed E-state index contributed by atoms with van der Waals surface area (Å²) in [6, 6.07) is 19.7. The molecular formula is C24H29N3O4. The fourth-order valence-corrected chi connectivity index (χ4v) is 4.66. The lowest BCUT2D eigenvalue weighted by molar-refractivity contribution is -0.148. The Bertz CT molecular complexity index is 869. The summed E-state index contributed by atoms with van der Waals surface area (Å²) in [5, 5.41) is 9.26. The predicted molar refractivity (Wildman–Crippen MR) is 117 cm³/mol. The Morgan fingerprint density at radius 1 is 0.871 bits per heavy atom. The standard InChI is InChI=1S/C24H29N3O4/c28-23(25-30)22-17-20(31-19-9-5-2-6-10-19)11-12-21(22)24(29)27-15-13-26(14-16-27)18-7-3-1-4-8-18/h1-10,20-22,30H,11-17H2,(H,25,28)/t20-,21+,22+/m1/s1. The van der Waals surface area contributed by atoms with Crippen LogP contribution in [0.15, 0.2) is 60.7 Å². The van der Waals surface area contributed by atoms with Crippen molar-refractivity contribution in [3.8, 4) is 5.75 Å². The molecule has 2 aromatic carbocycles. The zero-order chi connectivity index (χ0) is 21.6. The Balaban J connectivity index is 1.38. The van der Waals surface area contributed by atoms with Gasteiger partial charge >= 0.3 is 0 Å². The SMILES string of the molecule is O=C(NO)[C@H]1C[C@H](Oc2ccccc2)CC[C@@H]1C(=O)N1CCN(c2ccccc2)CC1. The van der Waals surface area contributed by atoms with Crippen molar-refractivity contribution < 1.29 is 19.5 Å². The van der Waals surface area contributed by atoms with Crippen molar-refractivity contribution in [2.45, 2.75) is 25.4 Å². The van der Waals surface area contributed by atoms with E-state index in [0.717, 1.165) is 24.5 Å². The fourth-order valence-electron chi connectivity index (χ4n) is 4.66. The van der Waals surface area contributed by atoms with E-state index in [9.17, 15) is 14.8 Å². The van der Waals surface area contributed by atoms with Crippen LogP contribution in [0.25, 0.3) is 0 Å². The molecule has 7 heteroatoms. The smallest absolute Gasteiger partial charge is 0.247 e. The van der Waals surface area contributed by atoms with Gasteiger partial charge in [-0.3, -0.25) is 14.8 Å². The van der Waals surface area contributed by atoms with Gasteiger partial charge in [-0.1, -0.05) is 36.4 Å². The summed E-state index contributed by atoms with van der Waals surface area (Å²) in [4.78, 5) is 29.8. The van der Waals surface area contributed by atoms with Gasteiger partial charge in [0.1, 0.15) is 5.75 Å². The van der Waals surface area contributed by atoms with E-state index in [0.29, 0.717) is 32.4 Å². The van der Waals surface area contributed by atoms with E-state index in [2.05, 4.69) is 17.0 Å². The van der Waals surface area contributed by atoms with Crippen molar-refractivity contribution in [3.05, 3.63) is 60.7 Å². The largest absolute Gasteiger partial charge is 0.490 e. The van der Waals surface area contributed by atoms with Crippen molar-refractivity contribution in [1.82, 2.24) is 10.4 Å². The van der Waals surface area contributed by atoms with Gasteiger partial charge in [-0.25, -0.2) is 5.48 Å². The van der Waals surface area contributed by atoms with Crippen LogP contribution >= 0.6 is 0 Å². The number of para-hydroxylation sites is 2. The van der Waals surface area contributed by atoms with E-state index >= 15 is 0 Å². The first kappa shape index (κ1) is 21.2. The Hall–Kier alpha value is -3.06. The second-order valence-corrected chi connectivity index (χ2v) is 8.20. The number of anilines is 1. The first-order valence-electron chi connectivity index (χ1n) is 10.9. The number of carbonyl (C=O) groups excluding carboxylic acids is 2. The second-order valence-electron chi connectivity index (χ2n) is 8.20. The number of benzene rings is 2.